The number of nitrogens with one attached hydrogen (secondary N) is 2. The van der Waals surface area contributed by atoms with E-state index in [-0.39, 0.29) is 11.6 Å². The molecule has 0 unspecified atom stereocenters. The largest absolute Gasteiger partial charge is 0.495 e. The van der Waals surface area contributed by atoms with Crippen molar-refractivity contribution in [1.29, 1.82) is 0 Å². The molecule has 0 radical (unpaired) electrons. The predicted octanol–water partition coefficient (Wildman–Crippen LogP) is 4.75. The van der Waals surface area contributed by atoms with Gasteiger partial charge in [0.1, 0.15) is 23.6 Å². The van der Waals surface area contributed by atoms with Crippen LogP contribution in [0.2, 0.25) is 5.02 Å². The molecule has 2 aromatic carbocycles. The number of aryl methyl sites for hydroxylation is 2. The average molecular weight is 383 g/mol. The van der Waals surface area contributed by atoms with Gasteiger partial charge in [0.05, 0.1) is 12.8 Å². The molecule has 0 aliphatic heterocycles. The number of nitrogens with zero attached hydrogens (tertiary/aromatic N) is 2. The molecule has 27 heavy (non-hydrogen) atoms. The van der Waals surface area contributed by atoms with Gasteiger partial charge in [-0.15, -0.1) is 0 Å². The van der Waals surface area contributed by atoms with Crippen molar-refractivity contribution in [3.8, 4) is 5.75 Å². The van der Waals surface area contributed by atoms with E-state index >= 15 is 0 Å². The third-order valence-corrected chi connectivity index (χ3v) is 4.32. The second kappa shape index (κ2) is 8.05. The number of hydrogen-bond acceptors (Lipinski definition) is 5. The molecule has 3 aromatic rings. The number of amides is 1. The number of ether oxygens (including phenoxy) is 1. The van der Waals surface area contributed by atoms with E-state index in [4.69, 9.17) is 16.3 Å². The molecular formula is C20H19ClN4O2. The van der Waals surface area contributed by atoms with Gasteiger partial charge in [0.2, 0.25) is 0 Å². The number of carbonyl (C=O) groups excluding carboxylic acids is 1. The van der Waals surface area contributed by atoms with Crippen molar-refractivity contribution >= 4 is 34.7 Å². The zero-order chi connectivity index (χ0) is 19.4. The minimum absolute atomic E-state index is 0.221. The SMILES string of the molecule is COc1ccc(Cl)cc1NC(=O)c1cc(Nc2ccc(C)c(C)c2)ncn1. The molecule has 7 heteroatoms. The Bertz CT molecular complexity index is 991. The summed E-state index contributed by atoms with van der Waals surface area (Å²) < 4.78 is 5.24. The number of methoxy groups -OCH3 is 1. The van der Waals surface area contributed by atoms with Crippen LogP contribution in [-0.2, 0) is 0 Å². The van der Waals surface area contributed by atoms with E-state index < -0.39 is 0 Å². The van der Waals surface area contributed by atoms with E-state index in [1.165, 1.54) is 24.6 Å². The van der Waals surface area contributed by atoms with Gasteiger partial charge in [-0.05, 0) is 55.3 Å². The minimum atomic E-state index is -0.388. The highest BCUT2D eigenvalue weighted by Gasteiger charge is 2.13. The fourth-order valence-electron chi connectivity index (χ4n) is 2.48. The summed E-state index contributed by atoms with van der Waals surface area (Å²) in [5.41, 5.74) is 3.95. The second-order valence-corrected chi connectivity index (χ2v) is 6.45. The first-order chi connectivity index (χ1) is 13.0. The van der Waals surface area contributed by atoms with E-state index in [9.17, 15) is 4.79 Å². The molecule has 1 aromatic heterocycles. The molecule has 3 rings (SSSR count). The molecule has 0 fully saturated rings. The number of anilines is 3. The Balaban J connectivity index is 1.79. The Labute approximate surface area is 162 Å². The maximum atomic E-state index is 12.6. The van der Waals surface area contributed by atoms with Crippen molar-refractivity contribution in [3.63, 3.8) is 0 Å². The molecule has 138 valence electrons. The highest BCUT2D eigenvalue weighted by molar-refractivity contribution is 6.31. The summed E-state index contributed by atoms with van der Waals surface area (Å²) in [6.45, 7) is 4.09. The van der Waals surface area contributed by atoms with Crippen LogP contribution in [0.3, 0.4) is 0 Å². The lowest BCUT2D eigenvalue weighted by atomic mass is 10.1. The van der Waals surface area contributed by atoms with E-state index in [2.05, 4.69) is 27.5 Å². The normalized spacial score (nSPS) is 10.4. The summed E-state index contributed by atoms with van der Waals surface area (Å²) in [5, 5.41) is 6.44. The van der Waals surface area contributed by atoms with Gasteiger partial charge in [-0.2, -0.15) is 0 Å². The maximum absolute atomic E-state index is 12.6. The van der Waals surface area contributed by atoms with Crippen molar-refractivity contribution in [1.82, 2.24) is 9.97 Å². The molecule has 0 aliphatic carbocycles. The molecule has 0 atom stereocenters. The maximum Gasteiger partial charge on any atom is 0.274 e. The van der Waals surface area contributed by atoms with Crippen molar-refractivity contribution < 1.29 is 9.53 Å². The summed E-state index contributed by atoms with van der Waals surface area (Å²) in [4.78, 5) is 20.8. The summed E-state index contributed by atoms with van der Waals surface area (Å²) in [5.74, 6) is 0.646. The lowest BCUT2D eigenvalue weighted by Gasteiger charge is -2.11. The van der Waals surface area contributed by atoms with E-state index in [0.29, 0.717) is 22.3 Å². The highest BCUT2D eigenvalue weighted by atomic mass is 35.5. The van der Waals surface area contributed by atoms with Gasteiger partial charge in [0.15, 0.2) is 0 Å². The van der Waals surface area contributed by atoms with E-state index in [1.807, 2.05) is 25.1 Å². The summed E-state index contributed by atoms with van der Waals surface area (Å²) in [6, 6.07) is 12.6. The molecule has 6 nitrogen and oxygen atoms in total. The average Bonchev–Trinajstić information content (AvgIpc) is 2.65. The third kappa shape index (κ3) is 4.54. The van der Waals surface area contributed by atoms with Crippen LogP contribution in [0.25, 0.3) is 0 Å². The lowest BCUT2D eigenvalue weighted by molar-refractivity contribution is 0.102. The Morgan fingerprint density at radius 3 is 2.59 bits per heavy atom. The van der Waals surface area contributed by atoms with Gasteiger partial charge in [0, 0.05) is 16.8 Å². The smallest absolute Gasteiger partial charge is 0.274 e. The number of rotatable bonds is 5. The van der Waals surface area contributed by atoms with Gasteiger partial charge in [0.25, 0.3) is 5.91 Å². The fourth-order valence-corrected chi connectivity index (χ4v) is 2.65. The van der Waals surface area contributed by atoms with Crippen molar-refractivity contribution in [3.05, 3.63) is 70.6 Å². The van der Waals surface area contributed by atoms with Crippen LogP contribution in [0, 0.1) is 13.8 Å². The van der Waals surface area contributed by atoms with Crippen molar-refractivity contribution in [2.24, 2.45) is 0 Å². The van der Waals surface area contributed by atoms with Gasteiger partial charge in [-0.1, -0.05) is 17.7 Å². The summed E-state index contributed by atoms with van der Waals surface area (Å²) in [6.07, 6.45) is 1.34. The third-order valence-electron chi connectivity index (χ3n) is 4.09. The van der Waals surface area contributed by atoms with Crippen LogP contribution in [0.15, 0.2) is 48.8 Å². The highest BCUT2D eigenvalue weighted by Crippen LogP contribution is 2.28. The molecule has 0 saturated carbocycles. The Hall–Kier alpha value is -3.12. The molecular weight excluding hydrogens is 364 g/mol. The molecule has 0 spiro atoms. The standard InChI is InChI=1S/C20H19ClN4O2/c1-12-4-6-15(8-13(12)2)24-19-10-17(22-11-23-19)20(26)25-16-9-14(21)5-7-18(16)27-3/h4-11H,1-3H3,(H,25,26)(H,22,23,24). The van der Waals surface area contributed by atoms with Crippen LogP contribution in [-0.4, -0.2) is 23.0 Å². The monoisotopic (exact) mass is 382 g/mol. The molecule has 0 bridgehead atoms. The van der Waals surface area contributed by atoms with Gasteiger partial charge in [-0.25, -0.2) is 9.97 Å². The van der Waals surface area contributed by atoms with Gasteiger partial charge < -0.3 is 15.4 Å². The predicted molar refractivity (Wildman–Crippen MR) is 107 cm³/mol. The Morgan fingerprint density at radius 1 is 1.04 bits per heavy atom. The molecule has 0 saturated heterocycles. The molecule has 1 heterocycles. The fraction of sp³-hybridized carbons (Fsp3) is 0.150. The minimum Gasteiger partial charge on any atom is -0.495 e. The number of aromatic nitrogens is 2. The van der Waals surface area contributed by atoms with E-state index in [1.54, 1.807) is 24.3 Å². The van der Waals surface area contributed by atoms with Crippen molar-refractivity contribution in [2.45, 2.75) is 13.8 Å². The van der Waals surface area contributed by atoms with E-state index in [0.717, 1.165) is 5.69 Å². The van der Waals surface area contributed by atoms with Crippen LogP contribution in [0.4, 0.5) is 17.2 Å². The molecule has 1 amide bonds. The second-order valence-electron chi connectivity index (χ2n) is 6.01. The number of halogens is 1. The lowest BCUT2D eigenvalue weighted by Crippen LogP contribution is -2.15. The Morgan fingerprint density at radius 2 is 1.85 bits per heavy atom. The Kier molecular flexibility index (Phi) is 5.57. The first-order valence-corrected chi connectivity index (χ1v) is 8.65. The summed E-state index contributed by atoms with van der Waals surface area (Å²) in [7, 11) is 1.52. The van der Waals surface area contributed by atoms with Crippen LogP contribution in [0.1, 0.15) is 21.6 Å². The van der Waals surface area contributed by atoms with Crippen LogP contribution < -0.4 is 15.4 Å². The van der Waals surface area contributed by atoms with Crippen LogP contribution in [0.5, 0.6) is 5.75 Å². The van der Waals surface area contributed by atoms with Crippen molar-refractivity contribution in [2.75, 3.05) is 17.7 Å². The zero-order valence-electron chi connectivity index (χ0n) is 15.2. The van der Waals surface area contributed by atoms with Gasteiger partial charge >= 0.3 is 0 Å². The van der Waals surface area contributed by atoms with Gasteiger partial charge in [-0.3, -0.25) is 4.79 Å². The number of carbonyl (C=O) groups is 1. The number of hydrogen-bond donors (Lipinski definition) is 2. The van der Waals surface area contributed by atoms with Crippen LogP contribution >= 0.6 is 11.6 Å². The molecule has 2 N–H and O–H groups in total. The topological polar surface area (TPSA) is 76.1 Å². The zero-order valence-corrected chi connectivity index (χ0v) is 16.0. The number of benzene rings is 2. The first-order valence-electron chi connectivity index (χ1n) is 8.27. The quantitative estimate of drug-likeness (QED) is 0.665. The summed E-state index contributed by atoms with van der Waals surface area (Å²) >= 11 is 6.00. The molecule has 0 aliphatic rings. The first kappa shape index (κ1) is 18.7.